The smallest absolute Gasteiger partial charge is 0.224 e. The van der Waals surface area contributed by atoms with Crippen molar-refractivity contribution in [3.05, 3.63) is 41.5 Å². The molecule has 1 amide bonds. The fraction of sp³-hybridized carbons (Fsp3) is 0.500. The summed E-state index contributed by atoms with van der Waals surface area (Å²) >= 11 is 0. The van der Waals surface area contributed by atoms with E-state index in [2.05, 4.69) is 0 Å². The molecule has 0 bridgehead atoms. The summed E-state index contributed by atoms with van der Waals surface area (Å²) in [6.45, 7) is 2.86. The number of methoxy groups -OCH3 is 1. The molecule has 136 valence electrons. The predicted molar refractivity (Wildman–Crippen MR) is 88.3 cm³/mol. The van der Waals surface area contributed by atoms with Gasteiger partial charge < -0.3 is 14.4 Å². The second-order valence-electron chi connectivity index (χ2n) is 6.22. The minimum absolute atomic E-state index is 0.0391. The zero-order valence-electron chi connectivity index (χ0n) is 14.2. The lowest BCUT2D eigenvalue weighted by Gasteiger charge is -2.36. The predicted octanol–water partition coefficient (Wildman–Crippen LogP) is 1.96. The maximum Gasteiger partial charge on any atom is 0.224 e. The third kappa shape index (κ3) is 3.99. The Hall–Kier alpha value is -1.99. The first kappa shape index (κ1) is 17.8. The first-order chi connectivity index (χ1) is 12.1. The van der Waals surface area contributed by atoms with Crippen molar-refractivity contribution in [2.75, 3.05) is 40.0 Å². The Bertz CT molecular complexity index is 658. The second kappa shape index (κ2) is 7.93. The summed E-state index contributed by atoms with van der Waals surface area (Å²) in [6, 6.07) is 2.30. The molecular formula is C18H22F2N2O3. The Kier molecular flexibility index (Phi) is 5.65. The highest BCUT2D eigenvalue weighted by Gasteiger charge is 2.29. The number of carbonyl (C=O) groups excluding carboxylic acids is 1. The molecule has 2 heterocycles. The van der Waals surface area contributed by atoms with Crippen molar-refractivity contribution >= 4 is 5.91 Å². The van der Waals surface area contributed by atoms with Crippen LogP contribution < -0.4 is 4.74 Å². The SMILES string of the molecule is COc1ccc(F)c(F)c1CN1CCOCC1CC(=O)N1CC=CC1. The summed E-state index contributed by atoms with van der Waals surface area (Å²) in [5, 5.41) is 0. The highest BCUT2D eigenvalue weighted by Crippen LogP contribution is 2.27. The zero-order chi connectivity index (χ0) is 17.8. The molecule has 5 nitrogen and oxygen atoms in total. The highest BCUT2D eigenvalue weighted by atomic mass is 19.2. The van der Waals surface area contributed by atoms with Crippen LogP contribution >= 0.6 is 0 Å². The van der Waals surface area contributed by atoms with Crippen molar-refractivity contribution in [3.8, 4) is 5.75 Å². The molecule has 2 aliphatic heterocycles. The minimum atomic E-state index is -0.903. The molecule has 1 saturated heterocycles. The first-order valence-electron chi connectivity index (χ1n) is 8.35. The van der Waals surface area contributed by atoms with Crippen LogP contribution in [0.1, 0.15) is 12.0 Å². The van der Waals surface area contributed by atoms with Crippen LogP contribution in [0.5, 0.6) is 5.75 Å². The van der Waals surface area contributed by atoms with Gasteiger partial charge in [0.2, 0.25) is 5.91 Å². The molecule has 0 spiro atoms. The van der Waals surface area contributed by atoms with Gasteiger partial charge in [-0.25, -0.2) is 8.78 Å². The maximum atomic E-state index is 14.2. The van der Waals surface area contributed by atoms with Crippen LogP contribution in [0.4, 0.5) is 8.78 Å². The number of morpholine rings is 1. The largest absolute Gasteiger partial charge is 0.496 e. The summed E-state index contributed by atoms with van der Waals surface area (Å²) in [7, 11) is 1.43. The molecule has 1 fully saturated rings. The molecule has 1 unspecified atom stereocenters. The standard InChI is InChI=1S/C18H22F2N2O3/c1-24-16-5-4-15(19)18(20)14(16)11-22-8-9-25-12-13(22)10-17(23)21-6-2-3-7-21/h2-5,13H,6-12H2,1H3. The van der Waals surface area contributed by atoms with Gasteiger partial charge in [-0.3, -0.25) is 9.69 Å². The Morgan fingerprint density at radius 2 is 2.08 bits per heavy atom. The van der Waals surface area contributed by atoms with E-state index in [-0.39, 0.29) is 24.1 Å². The maximum absolute atomic E-state index is 14.2. The quantitative estimate of drug-likeness (QED) is 0.760. The van der Waals surface area contributed by atoms with Crippen LogP contribution in [0.25, 0.3) is 0 Å². The molecule has 0 N–H and O–H groups in total. The highest BCUT2D eigenvalue weighted by molar-refractivity contribution is 5.77. The fourth-order valence-corrected chi connectivity index (χ4v) is 3.21. The summed E-state index contributed by atoms with van der Waals surface area (Å²) in [4.78, 5) is 16.1. The second-order valence-corrected chi connectivity index (χ2v) is 6.22. The van der Waals surface area contributed by atoms with E-state index < -0.39 is 11.6 Å². The molecular weight excluding hydrogens is 330 g/mol. The van der Waals surface area contributed by atoms with Gasteiger partial charge in [0.25, 0.3) is 0 Å². The van der Waals surface area contributed by atoms with Gasteiger partial charge >= 0.3 is 0 Å². The molecule has 1 atom stereocenters. The first-order valence-corrected chi connectivity index (χ1v) is 8.35. The molecule has 1 aromatic carbocycles. The molecule has 0 saturated carbocycles. The lowest BCUT2D eigenvalue weighted by molar-refractivity contribution is -0.133. The van der Waals surface area contributed by atoms with E-state index in [0.29, 0.717) is 45.0 Å². The van der Waals surface area contributed by atoms with Gasteiger partial charge in [-0.1, -0.05) is 12.2 Å². The number of nitrogens with zero attached hydrogens (tertiary/aromatic N) is 2. The average molecular weight is 352 g/mol. The van der Waals surface area contributed by atoms with Gasteiger partial charge in [0.1, 0.15) is 5.75 Å². The van der Waals surface area contributed by atoms with Crippen LogP contribution in [0.15, 0.2) is 24.3 Å². The van der Waals surface area contributed by atoms with Crippen molar-refractivity contribution < 1.29 is 23.0 Å². The normalized spacial score (nSPS) is 20.9. The number of hydrogen-bond acceptors (Lipinski definition) is 4. The minimum Gasteiger partial charge on any atom is -0.496 e. The van der Waals surface area contributed by atoms with Crippen molar-refractivity contribution in [3.63, 3.8) is 0 Å². The van der Waals surface area contributed by atoms with Crippen LogP contribution in [0.3, 0.4) is 0 Å². The third-order valence-electron chi connectivity index (χ3n) is 4.66. The van der Waals surface area contributed by atoms with E-state index in [1.54, 1.807) is 4.90 Å². The van der Waals surface area contributed by atoms with Gasteiger partial charge in [0.15, 0.2) is 11.6 Å². The lowest BCUT2D eigenvalue weighted by atomic mass is 10.1. The van der Waals surface area contributed by atoms with Crippen LogP contribution in [-0.4, -0.2) is 61.7 Å². The summed E-state index contributed by atoms with van der Waals surface area (Å²) in [5.41, 5.74) is 0.171. The summed E-state index contributed by atoms with van der Waals surface area (Å²) < 4.78 is 38.5. The molecule has 0 aliphatic carbocycles. The Morgan fingerprint density at radius 1 is 1.32 bits per heavy atom. The third-order valence-corrected chi connectivity index (χ3v) is 4.66. The van der Waals surface area contributed by atoms with E-state index in [4.69, 9.17) is 9.47 Å². The Labute approximate surface area is 145 Å². The molecule has 1 aromatic rings. The molecule has 2 aliphatic rings. The molecule has 7 heteroatoms. The van der Waals surface area contributed by atoms with Crippen molar-refractivity contribution in [2.45, 2.75) is 19.0 Å². The van der Waals surface area contributed by atoms with Gasteiger partial charge in [-0.2, -0.15) is 0 Å². The van der Waals surface area contributed by atoms with E-state index in [0.717, 1.165) is 6.07 Å². The van der Waals surface area contributed by atoms with E-state index in [1.165, 1.54) is 13.2 Å². The van der Waals surface area contributed by atoms with Crippen molar-refractivity contribution in [2.24, 2.45) is 0 Å². The van der Waals surface area contributed by atoms with Crippen LogP contribution in [0.2, 0.25) is 0 Å². The monoisotopic (exact) mass is 352 g/mol. The number of benzene rings is 1. The fourth-order valence-electron chi connectivity index (χ4n) is 3.21. The van der Waals surface area contributed by atoms with Gasteiger partial charge in [-0.15, -0.1) is 0 Å². The van der Waals surface area contributed by atoms with E-state index in [9.17, 15) is 13.6 Å². The number of ether oxygens (including phenoxy) is 2. The summed E-state index contributed by atoms with van der Waals surface area (Å²) in [6.07, 6.45) is 4.21. The van der Waals surface area contributed by atoms with Crippen molar-refractivity contribution in [1.29, 1.82) is 0 Å². The van der Waals surface area contributed by atoms with Gasteiger partial charge in [0, 0.05) is 44.2 Å². The topological polar surface area (TPSA) is 42.0 Å². The van der Waals surface area contributed by atoms with E-state index in [1.807, 2.05) is 17.1 Å². The number of hydrogen-bond donors (Lipinski definition) is 0. The van der Waals surface area contributed by atoms with Crippen LogP contribution in [-0.2, 0) is 16.1 Å². The van der Waals surface area contributed by atoms with E-state index >= 15 is 0 Å². The molecule has 25 heavy (non-hydrogen) atoms. The number of halogens is 2. The van der Waals surface area contributed by atoms with Crippen molar-refractivity contribution in [1.82, 2.24) is 9.80 Å². The number of carbonyl (C=O) groups is 1. The van der Waals surface area contributed by atoms with Gasteiger partial charge in [-0.05, 0) is 12.1 Å². The number of amides is 1. The average Bonchev–Trinajstić information content (AvgIpc) is 3.15. The molecule has 0 radical (unpaired) electrons. The van der Waals surface area contributed by atoms with Crippen LogP contribution in [0, 0.1) is 11.6 Å². The van der Waals surface area contributed by atoms with Gasteiger partial charge in [0.05, 0.1) is 20.3 Å². The molecule has 3 rings (SSSR count). The summed E-state index contributed by atoms with van der Waals surface area (Å²) in [5.74, 6) is -1.46. The Morgan fingerprint density at radius 3 is 2.80 bits per heavy atom. The Balaban J connectivity index is 1.73. The number of rotatable bonds is 5. The lowest BCUT2D eigenvalue weighted by Crippen LogP contribution is -2.47. The zero-order valence-corrected chi connectivity index (χ0v) is 14.2. The molecule has 0 aromatic heterocycles.